The van der Waals surface area contributed by atoms with Crippen molar-refractivity contribution in [3.63, 3.8) is 0 Å². The molecular weight excluding hydrogens is 1080 g/mol. The molecule has 12 nitrogen and oxygen atoms in total. The Labute approximate surface area is 472 Å². The lowest BCUT2D eigenvalue weighted by atomic mass is 9.99. The molecule has 18 heteroatoms. The SMILES string of the molecule is C.COc1cc2c(c(OC)c1OC)CCC(O[Si](c1ccccc1)(c1ccccc1)C(C)(C)C)C=C2OS(=O)(=O)C(F)(F)F.COc1cc2c(c(OC)c1OC)CCC(O[Si](c1ccccc1)(c1ccccc1)C(C)(C)C)CC2=O. The molecule has 2 unspecified atom stereocenters. The van der Waals surface area contributed by atoms with E-state index in [-0.39, 0.29) is 60.0 Å². The third kappa shape index (κ3) is 12.3. The van der Waals surface area contributed by atoms with E-state index in [1.165, 1.54) is 43.8 Å². The number of alkyl halides is 3. The lowest BCUT2D eigenvalue weighted by Gasteiger charge is -2.45. The van der Waals surface area contributed by atoms with E-state index in [2.05, 4.69) is 90.1 Å². The highest BCUT2D eigenvalue weighted by Crippen LogP contribution is 2.49. The van der Waals surface area contributed by atoms with Crippen molar-refractivity contribution >= 4 is 59.0 Å². The Morgan fingerprint density at radius 2 is 0.863 bits per heavy atom. The number of benzene rings is 6. The van der Waals surface area contributed by atoms with Crippen molar-refractivity contribution in [3.8, 4) is 34.5 Å². The highest BCUT2D eigenvalue weighted by molar-refractivity contribution is 7.87. The van der Waals surface area contributed by atoms with Crippen LogP contribution in [0.3, 0.4) is 0 Å². The first-order valence-corrected chi connectivity index (χ1v) is 31.2. The second-order valence-corrected chi connectivity index (χ2v) is 31.3. The van der Waals surface area contributed by atoms with E-state index in [0.29, 0.717) is 47.6 Å². The lowest BCUT2D eigenvalue weighted by molar-refractivity contribution is -0.0509. The van der Waals surface area contributed by atoms with Crippen molar-refractivity contribution in [1.29, 1.82) is 0 Å². The summed E-state index contributed by atoms with van der Waals surface area (Å²) < 4.78 is 118. The minimum atomic E-state index is -6.04. The van der Waals surface area contributed by atoms with Crippen LogP contribution in [0.4, 0.5) is 13.2 Å². The van der Waals surface area contributed by atoms with Gasteiger partial charge in [-0.3, -0.25) is 4.79 Å². The average Bonchev–Trinajstić information content (AvgIpc) is 3.74. The van der Waals surface area contributed by atoms with Crippen molar-refractivity contribution in [1.82, 2.24) is 0 Å². The molecule has 6 aromatic rings. The van der Waals surface area contributed by atoms with Crippen LogP contribution >= 0.6 is 0 Å². The molecule has 0 saturated carbocycles. The normalized spacial score (nSPS) is 15.9. The molecule has 0 bridgehead atoms. The molecule has 2 aliphatic carbocycles. The Balaban J connectivity index is 0.000000259. The fourth-order valence-electron chi connectivity index (χ4n) is 11.0. The summed E-state index contributed by atoms with van der Waals surface area (Å²) in [6.07, 6.45) is 2.41. The van der Waals surface area contributed by atoms with E-state index >= 15 is 0 Å². The van der Waals surface area contributed by atoms with Crippen molar-refractivity contribution in [2.75, 3.05) is 42.7 Å². The van der Waals surface area contributed by atoms with Crippen molar-refractivity contribution in [2.24, 2.45) is 0 Å². The van der Waals surface area contributed by atoms with Gasteiger partial charge in [0.25, 0.3) is 16.6 Å². The third-order valence-electron chi connectivity index (χ3n) is 14.6. The van der Waals surface area contributed by atoms with Gasteiger partial charge in [-0.25, -0.2) is 0 Å². The number of Topliss-reactive ketones (excluding diaryl/α,β-unsaturated/α-hetero) is 1. The summed E-state index contributed by atoms with van der Waals surface area (Å²) in [5, 5.41) is 3.71. The summed E-state index contributed by atoms with van der Waals surface area (Å²) in [5.74, 6) is 1.60. The minimum absolute atomic E-state index is 0. The van der Waals surface area contributed by atoms with Crippen molar-refractivity contribution in [3.05, 3.63) is 162 Å². The molecule has 6 aromatic carbocycles. The van der Waals surface area contributed by atoms with Gasteiger partial charge in [-0.15, -0.1) is 0 Å². The standard InChI is InChI=1S/C31H35F3O7SSi.C30H36O5Si.CH4/c1-30(2,3)43(22-13-9-7-10-14-22,23-15-11-8-12-16-23)41-21-17-18-24-25(20-27(37-4)29(39-6)28(24)38-5)26(19-21)40-42(35,36)31(32,33)34;1-30(2,3)36(22-13-9-7-10-14-22,23-15-11-8-12-16-23)35-21-17-18-24-25(26(31)19-21)20-27(32-4)29(34-6)28(24)33-5;/h7-16,19-21H,17-18H2,1-6H3;7-16,20-21H,17-19H2,1-6H3;1H4. The van der Waals surface area contributed by atoms with Gasteiger partial charge < -0.3 is 41.5 Å². The number of halogens is 3. The highest BCUT2D eigenvalue weighted by atomic mass is 32.2. The van der Waals surface area contributed by atoms with Gasteiger partial charge in [0.05, 0.1) is 54.9 Å². The molecule has 0 spiro atoms. The van der Waals surface area contributed by atoms with Crippen LogP contribution < -0.4 is 49.2 Å². The number of rotatable bonds is 16. The first kappa shape index (κ1) is 62.6. The largest absolute Gasteiger partial charge is 0.534 e. The maximum atomic E-state index is 13.6. The van der Waals surface area contributed by atoms with Crippen LogP contribution in [-0.4, -0.2) is 91.2 Å². The van der Waals surface area contributed by atoms with Crippen molar-refractivity contribution < 1.29 is 67.8 Å². The molecule has 0 heterocycles. The Morgan fingerprint density at radius 3 is 1.23 bits per heavy atom. The van der Waals surface area contributed by atoms with E-state index in [0.717, 1.165) is 15.9 Å². The number of ketones is 1. The topological polar surface area (TPSA) is 134 Å². The average molecular weight is 1160 g/mol. The van der Waals surface area contributed by atoms with Crippen LogP contribution in [0.2, 0.25) is 10.1 Å². The molecule has 8 rings (SSSR count). The van der Waals surface area contributed by atoms with Gasteiger partial charge >= 0.3 is 15.6 Å². The first-order chi connectivity index (χ1) is 37.5. The summed E-state index contributed by atoms with van der Waals surface area (Å²) >= 11 is 0. The van der Waals surface area contributed by atoms with E-state index < -0.39 is 49.2 Å². The summed E-state index contributed by atoms with van der Waals surface area (Å²) in [6.45, 7) is 13.0. The molecule has 2 aliphatic rings. The van der Waals surface area contributed by atoms with Crippen LogP contribution in [0.1, 0.15) is 95.3 Å². The van der Waals surface area contributed by atoms with Gasteiger partial charge in [-0.2, -0.15) is 21.6 Å². The number of carbonyl (C=O) groups is 1. The molecule has 430 valence electrons. The predicted molar refractivity (Wildman–Crippen MR) is 314 cm³/mol. The predicted octanol–water partition coefficient (Wildman–Crippen LogP) is 11.6. The van der Waals surface area contributed by atoms with Gasteiger partial charge in [-0.05, 0) is 74.7 Å². The molecule has 80 heavy (non-hydrogen) atoms. The van der Waals surface area contributed by atoms with Gasteiger partial charge in [0.1, 0.15) is 5.76 Å². The van der Waals surface area contributed by atoms with Crippen LogP contribution in [0.25, 0.3) is 5.76 Å². The van der Waals surface area contributed by atoms with Crippen LogP contribution in [-0.2, 0) is 36.0 Å². The summed E-state index contributed by atoms with van der Waals surface area (Å²) in [7, 11) is -3.12. The quantitative estimate of drug-likeness (QED) is 0.0395. The maximum Gasteiger partial charge on any atom is 0.534 e. The molecular formula is C62H75F3O12SSi2. The molecule has 0 radical (unpaired) electrons. The Bertz CT molecular complexity index is 3120. The number of ether oxygens (including phenoxy) is 6. The number of hydrogen-bond donors (Lipinski definition) is 0. The fraction of sp³-hybridized carbons (Fsp3) is 0.371. The highest BCUT2D eigenvalue weighted by Gasteiger charge is 2.54. The third-order valence-corrected chi connectivity index (χ3v) is 25.7. The number of carbonyl (C=O) groups excluding carboxylic acids is 1. The van der Waals surface area contributed by atoms with E-state index in [1.807, 2.05) is 72.8 Å². The monoisotopic (exact) mass is 1160 g/mol. The van der Waals surface area contributed by atoms with Crippen LogP contribution in [0.15, 0.2) is 140 Å². The second-order valence-electron chi connectivity index (χ2n) is 21.3. The Morgan fingerprint density at radius 1 is 0.500 bits per heavy atom. The number of methoxy groups -OCH3 is 6. The van der Waals surface area contributed by atoms with Gasteiger partial charge in [0.15, 0.2) is 28.8 Å². The Hall–Kier alpha value is -6.58. The van der Waals surface area contributed by atoms with E-state index in [9.17, 15) is 26.4 Å². The Kier molecular flexibility index (Phi) is 19.9. The molecule has 0 aromatic heterocycles. The minimum Gasteiger partial charge on any atom is -0.493 e. The number of fused-ring (bicyclic) bond motifs is 2. The zero-order chi connectivity index (χ0) is 57.6. The van der Waals surface area contributed by atoms with Crippen LogP contribution in [0, 0.1) is 0 Å². The van der Waals surface area contributed by atoms with Gasteiger partial charge in [0.2, 0.25) is 11.5 Å². The molecule has 0 fully saturated rings. The van der Waals surface area contributed by atoms with Crippen LogP contribution in [0.5, 0.6) is 34.5 Å². The fourth-order valence-corrected chi connectivity index (χ4v) is 20.9. The second kappa shape index (κ2) is 25.5. The smallest absolute Gasteiger partial charge is 0.493 e. The summed E-state index contributed by atoms with van der Waals surface area (Å²) in [6, 6.07) is 43.7. The molecule has 0 N–H and O–H groups in total. The lowest BCUT2D eigenvalue weighted by Crippen LogP contribution is -2.67. The van der Waals surface area contributed by atoms with Gasteiger partial charge in [-0.1, -0.05) is 170 Å². The van der Waals surface area contributed by atoms with E-state index in [4.69, 9.17) is 41.5 Å². The first-order valence-electron chi connectivity index (χ1n) is 25.9. The molecule has 0 amide bonds. The zero-order valence-corrected chi connectivity index (χ0v) is 49.7. The summed E-state index contributed by atoms with van der Waals surface area (Å²) in [5.41, 5.74) is -3.71. The zero-order valence-electron chi connectivity index (χ0n) is 46.9. The van der Waals surface area contributed by atoms with Crippen molar-refractivity contribution in [2.45, 2.75) is 109 Å². The molecule has 0 aliphatic heterocycles. The number of hydrogen-bond acceptors (Lipinski definition) is 12. The maximum absolute atomic E-state index is 13.6. The van der Waals surface area contributed by atoms with Gasteiger partial charge in [0, 0.05) is 28.7 Å². The molecule has 0 saturated heterocycles. The summed E-state index contributed by atoms with van der Waals surface area (Å²) in [4.78, 5) is 13.6. The molecule has 2 atom stereocenters. The van der Waals surface area contributed by atoms with E-state index in [1.54, 1.807) is 27.4 Å².